The Balaban J connectivity index is 1.65. The van der Waals surface area contributed by atoms with Gasteiger partial charge in [0, 0.05) is 28.6 Å². The molecule has 2 aromatic rings. The van der Waals surface area contributed by atoms with Gasteiger partial charge in [-0.25, -0.2) is 0 Å². The quantitative estimate of drug-likeness (QED) is 0.744. The maximum Gasteiger partial charge on any atom is 0.276 e. The third-order valence-corrected chi connectivity index (χ3v) is 6.11. The van der Waals surface area contributed by atoms with Crippen LogP contribution in [0.1, 0.15) is 55.2 Å². The summed E-state index contributed by atoms with van der Waals surface area (Å²) in [5.41, 5.74) is 2.38. The number of aryl methyl sites for hydroxylation is 1. The van der Waals surface area contributed by atoms with Crippen LogP contribution in [0.5, 0.6) is 0 Å². The highest BCUT2D eigenvalue weighted by Gasteiger charge is 2.18. The Morgan fingerprint density at radius 2 is 2.31 bits per heavy atom. The average Bonchev–Trinajstić information content (AvgIpc) is 3.15. The number of nitrogens with zero attached hydrogens (tertiary/aromatic N) is 2. The minimum Gasteiger partial charge on any atom is -0.320 e. The minimum absolute atomic E-state index is 0.155. The molecule has 26 heavy (non-hydrogen) atoms. The number of rotatable bonds is 6. The van der Waals surface area contributed by atoms with Crippen LogP contribution in [-0.2, 0) is 0 Å². The highest BCUT2D eigenvalue weighted by Crippen LogP contribution is 2.28. The topological polar surface area (TPSA) is 59.0 Å². The van der Waals surface area contributed by atoms with E-state index in [2.05, 4.69) is 41.7 Å². The first-order chi connectivity index (χ1) is 12.6. The zero-order valence-electron chi connectivity index (χ0n) is 15.8. The van der Waals surface area contributed by atoms with Crippen molar-refractivity contribution < 1.29 is 4.79 Å². The van der Waals surface area contributed by atoms with Gasteiger partial charge in [-0.15, -0.1) is 11.8 Å². The van der Waals surface area contributed by atoms with Crippen LogP contribution in [0.2, 0.25) is 0 Å². The van der Waals surface area contributed by atoms with Crippen LogP contribution in [0, 0.1) is 6.92 Å². The van der Waals surface area contributed by atoms with Crippen molar-refractivity contribution in [1.82, 2.24) is 15.1 Å². The largest absolute Gasteiger partial charge is 0.320 e. The van der Waals surface area contributed by atoms with Crippen LogP contribution in [0.15, 0.2) is 35.4 Å². The van der Waals surface area contributed by atoms with Gasteiger partial charge in [0.1, 0.15) is 0 Å². The molecule has 0 spiro atoms. The van der Waals surface area contributed by atoms with Gasteiger partial charge < -0.3 is 10.6 Å². The molecule has 0 aliphatic carbocycles. The van der Waals surface area contributed by atoms with Crippen LogP contribution < -0.4 is 10.6 Å². The van der Waals surface area contributed by atoms with Gasteiger partial charge in [0.05, 0.1) is 6.04 Å². The van der Waals surface area contributed by atoms with Gasteiger partial charge >= 0.3 is 0 Å². The molecule has 2 N–H and O–H groups in total. The van der Waals surface area contributed by atoms with Crippen molar-refractivity contribution in [3.63, 3.8) is 0 Å². The molecule has 1 aliphatic rings. The number of benzene rings is 1. The molecule has 0 saturated carbocycles. The van der Waals surface area contributed by atoms with Crippen LogP contribution in [0.25, 0.3) is 0 Å². The molecule has 2 unspecified atom stereocenters. The maximum absolute atomic E-state index is 12.6. The van der Waals surface area contributed by atoms with Gasteiger partial charge in [-0.2, -0.15) is 5.10 Å². The van der Waals surface area contributed by atoms with Gasteiger partial charge in [0.2, 0.25) is 0 Å². The van der Waals surface area contributed by atoms with Gasteiger partial charge in [0.25, 0.3) is 5.91 Å². The van der Waals surface area contributed by atoms with E-state index in [9.17, 15) is 4.79 Å². The molecule has 140 valence electrons. The lowest BCUT2D eigenvalue weighted by molar-refractivity contribution is 0.102. The molecule has 2 atom stereocenters. The lowest BCUT2D eigenvalue weighted by Gasteiger charge is -2.22. The molecule has 1 aliphatic heterocycles. The summed E-state index contributed by atoms with van der Waals surface area (Å²) in [6, 6.07) is 8.33. The van der Waals surface area contributed by atoms with Crippen molar-refractivity contribution in [2.24, 2.45) is 0 Å². The van der Waals surface area contributed by atoms with Gasteiger partial charge in [-0.3, -0.25) is 9.48 Å². The Morgan fingerprint density at radius 3 is 3.00 bits per heavy atom. The fourth-order valence-corrected chi connectivity index (χ4v) is 4.10. The van der Waals surface area contributed by atoms with Crippen molar-refractivity contribution in [2.75, 3.05) is 18.4 Å². The van der Waals surface area contributed by atoms with E-state index >= 15 is 0 Å². The van der Waals surface area contributed by atoms with E-state index in [-0.39, 0.29) is 5.91 Å². The first-order valence-corrected chi connectivity index (χ1v) is 10.3. The summed E-state index contributed by atoms with van der Waals surface area (Å²) in [5.74, 6) is -0.155. The second-order valence-electron chi connectivity index (χ2n) is 6.95. The molecule has 1 amide bonds. The van der Waals surface area contributed by atoms with Gasteiger partial charge in [-0.1, -0.05) is 13.8 Å². The first kappa shape index (κ1) is 19.0. The molecule has 0 bridgehead atoms. The summed E-state index contributed by atoms with van der Waals surface area (Å²) >= 11 is 1.87. The lowest BCUT2D eigenvalue weighted by atomic mass is 10.1. The molecular weight excluding hydrogens is 344 g/mol. The van der Waals surface area contributed by atoms with Gasteiger partial charge in [0.15, 0.2) is 5.69 Å². The Bertz CT molecular complexity index is 752. The number of amides is 1. The molecule has 3 rings (SSSR count). The minimum atomic E-state index is -0.155. The summed E-state index contributed by atoms with van der Waals surface area (Å²) < 4.78 is 1.92. The van der Waals surface area contributed by atoms with E-state index < -0.39 is 0 Å². The third-order valence-electron chi connectivity index (χ3n) is 4.84. The molecule has 1 saturated heterocycles. The zero-order chi connectivity index (χ0) is 18.5. The predicted molar refractivity (Wildman–Crippen MR) is 108 cm³/mol. The number of thioether (sulfide) groups is 1. The summed E-state index contributed by atoms with van der Waals surface area (Å²) in [5, 5.41) is 11.5. The number of hydrogen-bond donors (Lipinski definition) is 2. The number of carbonyl (C=O) groups is 1. The summed E-state index contributed by atoms with van der Waals surface area (Å²) in [6.07, 6.45) is 5.29. The van der Waals surface area contributed by atoms with E-state index in [4.69, 9.17) is 0 Å². The fraction of sp³-hybridized carbons (Fsp3) is 0.500. The molecule has 1 fully saturated rings. The molecule has 2 heterocycles. The Morgan fingerprint density at radius 1 is 1.46 bits per heavy atom. The van der Waals surface area contributed by atoms with Crippen LogP contribution >= 0.6 is 11.8 Å². The second kappa shape index (κ2) is 8.73. The summed E-state index contributed by atoms with van der Waals surface area (Å²) in [7, 11) is 0. The van der Waals surface area contributed by atoms with Crippen LogP contribution in [0.3, 0.4) is 0 Å². The lowest BCUT2D eigenvalue weighted by Crippen LogP contribution is -2.32. The van der Waals surface area contributed by atoms with Crippen LogP contribution in [-0.4, -0.2) is 34.0 Å². The number of piperidine rings is 1. The summed E-state index contributed by atoms with van der Waals surface area (Å²) in [6.45, 7) is 8.44. The van der Waals surface area contributed by atoms with Crippen molar-refractivity contribution in [2.45, 2.75) is 56.2 Å². The number of nitrogens with one attached hydrogen (secondary N) is 2. The Kier molecular flexibility index (Phi) is 6.38. The summed E-state index contributed by atoms with van der Waals surface area (Å²) in [4.78, 5) is 13.8. The monoisotopic (exact) mass is 372 g/mol. The van der Waals surface area contributed by atoms with E-state index in [0.29, 0.717) is 17.0 Å². The third kappa shape index (κ3) is 4.68. The normalized spacial score (nSPS) is 18.5. The first-order valence-electron chi connectivity index (χ1n) is 9.41. The van der Waals surface area contributed by atoms with E-state index in [1.807, 2.05) is 35.6 Å². The van der Waals surface area contributed by atoms with Crippen molar-refractivity contribution >= 4 is 23.4 Å². The second-order valence-corrected chi connectivity index (χ2v) is 8.46. The molecule has 5 nitrogen and oxygen atoms in total. The van der Waals surface area contributed by atoms with E-state index in [1.165, 1.54) is 4.90 Å². The number of hydrogen-bond acceptors (Lipinski definition) is 4. The van der Waals surface area contributed by atoms with Crippen molar-refractivity contribution in [3.8, 4) is 0 Å². The Labute approximate surface area is 159 Å². The smallest absolute Gasteiger partial charge is 0.276 e. The van der Waals surface area contributed by atoms with Gasteiger partial charge in [-0.05, 0) is 62.6 Å². The number of carbonyl (C=O) groups excluding carboxylic acids is 1. The maximum atomic E-state index is 12.6. The fourth-order valence-electron chi connectivity index (χ4n) is 3.07. The molecular formula is C20H28N4OS. The molecule has 6 heteroatoms. The highest BCUT2D eigenvalue weighted by atomic mass is 32.2. The van der Waals surface area contributed by atoms with Crippen molar-refractivity contribution in [1.29, 1.82) is 0 Å². The van der Waals surface area contributed by atoms with E-state index in [1.54, 1.807) is 6.07 Å². The van der Waals surface area contributed by atoms with Crippen LogP contribution in [0.4, 0.5) is 5.69 Å². The molecule has 0 radical (unpaired) electrons. The predicted octanol–water partition coefficient (Wildman–Crippen LogP) is 4.26. The SMILES string of the molecule is CCC(C)Sc1ccc(NC(=O)c2ccn(C3CCCNC3)n2)c(C)c1. The Hall–Kier alpha value is -1.79. The molecule has 1 aromatic heterocycles. The number of aromatic nitrogens is 2. The van der Waals surface area contributed by atoms with Crippen molar-refractivity contribution in [3.05, 3.63) is 41.7 Å². The van der Waals surface area contributed by atoms with E-state index in [0.717, 1.165) is 43.6 Å². The molecule has 1 aromatic carbocycles. The standard InChI is InChI=1S/C20H28N4OS/c1-4-15(3)26-17-7-8-18(14(2)12-17)22-20(25)19-9-11-24(23-19)16-6-5-10-21-13-16/h7-9,11-12,15-16,21H,4-6,10,13H2,1-3H3,(H,22,25). The highest BCUT2D eigenvalue weighted by molar-refractivity contribution is 7.99. The number of anilines is 1. The zero-order valence-corrected chi connectivity index (χ0v) is 16.6. The average molecular weight is 373 g/mol.